The average molecular weight is 619 g/mol. The number of urea groups is 1. The summed E-state index contributed by atoms with van der Waals surface area (Å²) in [6, 6.07) is 2.69. The van der Waals surface area contributed by atoms with E-state index in [0.717, 1.165) is 25.1 Å². The molecule has 1 atom stereocenters. The van der Waals surface area contributed by atoms with Gasteiger partial charge in [-0.25, -0.2) is 22.9 Å². The normalized spacial score (nSPS) is 15.8. The van der Waals surface area contributed by atoms with Crippen LogP contribution in [-0.2, 0) is 16.2 Å². The van der Waals surface area contributed by atoms with E-state index >= 15 is 8.78 Å². The molecule has 3 heterocycles. The molecule has 0 radical (unpaired) electrons. The van der Waals surface area contributed by atoms with Gasteiger partial charge in [0.15, 0.2) is 23.1 Å². The van der Waals surface area contributed by atoms with Crippen LogP contribution in [0, 0.1) is 11.6 Å². The zero-order valence-electron chi connectivity index (χ0n) is 23.5. The molecule has 0 spiro atoms. The summed E-state index contributed by atoms with van der Waals surface area (Å²) in [5, 5.41) is 4.38. The molecule has 1 unspecified atom stereocenters. The van der Waals surface area contributed by atoms with Crippen LogP contribution in [0.15, 0.2) is 30.6 Å². The van der Waals surface area contributed by atoms with Gasteiger partial charge in [-0.1, -0.05) is 19.6 Å². The zero-order chi connectivity index (χ0) is 30.9. The molecule has 230 valence electrons. The molecule has 2 N–H and O–H groups in total. The predicted molar refractivity (Wildman–Crippen MR) is 146 cm³/mol. The van der Waals surface area contributed by atoms with Gasteiger partial charge in [0, 0.05) is 44.9 Å². The van der Waals surface area contributed by atoms with E-state index < -0.39 is 49.3 Å². The number of amides is 2. The number of hydrogen-bond acceptors (Lipinski definition) is 5. The summed E-state index contributed by atoms with van der Waals surface area (Å²) in [4.78, 5) is 16.3. The van der Waals surface area contributed by atoms with Gasteiger partial charge in [-0.3, -0.25) is 0 Å². The van der Waals surface area contributed by atoms with Gasteiger partial charge >= 0.3 is 12.2 Å². The van der Waals surface area contributed by atoms with Crippen LogP contribution in [0.2, 0.25) is 25.7 Å². The summed E-state index contributed by atoms with van der Waals surface area (Å²) < 4.78 is 103. The number of nitrogens with one attached hydrogen (secondary N) is 2. The van der Waals surface area contributed by atoms with E-state index in [9.17, 15) is 22.4 Å². The van der Waals surface area contributed by atoms with Crippen LogP contribution in [0.25, 0.3) is 11.0 Å². The second kappa shape index (κ2) is 12.1. The standard InChI is InChI=1S/C27H32F6N4O4Si/c1-16(27(31,32)33)18-11-37(15-39-7-8-42(2,3)4)24-22(18)21(5-6-34-24)41-23-19(28)9-17(10-20(23)29)36-25(38)35-12-26(30)13-40-14-26/h5-6,9-11,16H,7-8,12-15H2,1-4H3,(H2,35,36,38). The number of pyridine rings is 1. The molecule has 0 saturated carbocycles. The minimum atomic E-state index is -4.62. The van der Waals surface area contributed by atoms with E-state index in [2.05, 4.69) is 35.3 Å². The van der Waals surface area contributed by atoms with Crippen molar-refractivity contribution < 1.29 is 45.3 Å². The van der Waals surface area contributed by atoms with Gasteiger partial charge in [0.2, 0.25) is 0 Å². The van der Waals surface area contributed by atoms with Crippen molar-refractivity contribution in [3.05, 3.63) is 47.8 Å². The lowest BCUT2D eigenvalue weighted by molar-refractivity contribution is -0.146. The van der Waals surface area contributed by atoms with Gasteiger partial charge in [-0.2, -0.15) is 13.2 Å². The van der Waals surface area contributed by atoms with Crippen molar-refractivity contribution in [1.29, 1.82) is 0 Å². The third-order valence-corrected chi connectivity index (χ3v) is 8.39. The minimum absolute atomic E-state index is 0.0726. The van der Waals surface area contributed by atoms with E-state index in [0.29, 0.717) is 6.61 Å². The maximum absolute atomic E-state index is 15.0. The fourth-order valence-electron chi connectivity index (χ4n) is 4.12. The number of nitrogens with zero attached hydrogens (tertiary/aromatic N) is 2. The van der Waals surface area contributed by atoms with Crippen molar-refractivity contribution in [3.8, 4) is 11.5 Å². The monoisotopic (exact) mass is 618 g/mol. The largest absolute Gasteiger partial charge is 0.450 e. The van der Waals surface area contributed by atoms with Crippen molar-refractivity contribution in [1.82, 2.24) is 14.9 Å². The van der Waals surface area contributed by atoms with Gasteiger partial charge < -0.3 is 29.4 Å². The Morgan fingerprint density at radius 2 is 1.88 bits per heavy atom. The molecule has 1 saturated heterocycles. The molecule has 4 rings (SSSR count). The minimum Gasteiger partial charge on any atom is -0.450 e. The number of halogens is 6. The van der Waals surface area contributed by atoms with Gasteiger partial charge in [0.25, 0.3) is 0 Å². The number of hydrogen-bond donors (Lipinski definition) is 2. The first-order valence-electron chi connectivity index (χ1n) is 13.2. The number of carbonyl (C=O) groups excluding carboxylic acids is 1. The Morgan fingerprint density at radius 3 is 2.45 bits per heavy atom. The number of fused-ring (bicyclic) bond motifs is 1. The first-order chi connectivity index (χ1) is 19.6. The Kier molecular flexibility index (Phi) is 9.13. The lowest BCUT2D eigenvalue weighted by Crippen LogP contribution is -2.54. The smallest absolute Gasteiger partial charge is 0.395 e. The highest BCUT2D eigenvalue weighted by molar-refractivity contribution is 6.76. The molecule has 1 fully saturated rings. The van der Waals surface area contributed by atoms with Crippen LogP contribution in [-0.4, -0.2) is 61.9 Å². The third kappa shape index (κ3) is 7.55. The molecule has 2 aromatic heterocycles. The molecule has 15 heteroatoms. The third-order valence-electron chi connectivity index (χ3n) is 6.69. The van der Waals surface area contributed by atoms with Crippen LogP contribution < -0.4 is 15.4 Å². The van der Waals surface area contributed by atoms with Crippen molar-refractivity contribution in [2.45, 2.75) is 57.1 Å². The Balaban J connectivity index is 1.59. The van der Waals surface area contributed by atoms with E-state index in [1.807, 2.05) is 0 Å². The molecule has 1 aliphatic heterocycles. The highest BCUT2D eigenvalue weighted by atomic mass is 28.3. The summed E-state index contributed by atoms with van der Waals surface area (Å²) >= 11 is 0. The first kappa shape index (κ1) is 31.6. The molecular weight excluding hydrogens is 586 g/mol. The summed E-state index contributed by atoms with van der Waals surface area (Å²) in [5.74, 6) is -5.57. The van der Waals surface area contributed by atoms with E-state index in [4.69, 9.17) is 14.2 Å². The van der Waals surface area contributed by atoms with E-state index in [1.165, 1.54) is 23.0 Å². The summed E-state index contributed by atoms with van der Waals surface area (Å²) in [6.45, 7) is 7.08. The fourth-order valence-corrected chi connectivity index (χ4v) is 4.88. The second-order valence-corrected chi connectivity index (χ2v) is 17.1. The molecule has 0 aliphatic carbocycles. The molecule has 3 aromatic rings. The average Bonchev–Trinajstić information content (AvgIpc) is 3.24. The van der Waals surface area contributed by atoms with Crippen LogP contribution in [0.4, 0.5) is 36.8 Å². The molecule has 1 aromatic carbocycles. The first-order valence-corrected chi connectivity index (χ1v) is 16.9. The van der Waals surface area contributed by atoms with Crippen LogP contribution in [0.5, 0.6) is 11.5 Å². The van der Waals surface area contributed by atoms with Crippen LogP contribution in [0.3, 0.4) is 0 Å². The maximum Gasteiger partial charge on any atom is 0.395 e. The quantitative estimate of drug-likeness (QED) is 0.138. The molecule has 1 aliphatic rings. The Bertz CT molecular complexity index is 1420. The van der Waals surface area contributed by atoms with Gasteiger partial charge in [-0.15, -0.1) is 0 Å². The Morgan fingerprint density at radius 1 is 1.21 bits per heavy atom. The Hall–Kier alpha value is -3.30. The topological polar surface area (TPSA) is 86.6 Å². The molecule has 2 amide bonds. The highest BCUT2D eigenvalue weighted by Crippen LogP contribution is 2.43. The molecule has 42 heavy (non-hydrogen) atoms. The van der Waals surface area contributed by atoms with Crippen molar-refractivity contribution in [2.24, 2.45) is 0 Å². The summed E-state index contributed by atoms with van der Waals surface area (Å²) in [5.41, 5.74) is -2.11. The number of rotatable bonds is 11. The fraction of sp³-hybridized carbons (Fsp3) is 0.481. The van der Waals surface area contributed by atoms with Gasteiger partial charge in [0.1, 0.15) is 18.1 Å². The zero-order valence-corrected chi connectivity index (χ0v) is 24.5. The van der Waals surface area contributed by atoms with Crippen molar-refractivity contribution in [2.75, 3.05) is 31.7 Å². The van der Waals surface area contributed by atoms with Gasteiger partial charge in [-0.05, 0) is 24.6 Å². The van der Waals surface area contributed by atoms with Crippen molar-refractivity contribution >= 4 is 30.8 Å². The van der Waals surface area contributed by atoms with E-state index in [-0.39, 0.29) is 54.5 Å². The summed E-state index contributed by atoms with van der Waals surface area (Å²) in [6.07, 6.45) is -2.12. The summed E-state index contributed by atoms with van der Waals surface area (Å²) in [7, 11) is -1.41. The van der Waals surface area contributed by atoms with Crippen molar-refractivity contribution in [3.63, 3.8) is 0 Å². The number of carbonyl (C=O) groups is 1. The number of anilines is 1. The lowest BCUT2D eigenvalue weighted by Gasteiger charge is -2.33. The predicted octanol–water partition coefficient (Wildman–Crippen LogP) is 6.94. The Labute approximate surface area is 239 Å². The highest BCUT2D eigenvalue weighted by Gasteiger charge is 2.40. The SMILES string of the molecule is CC(c1cn(COCC[Si](C)(C)C)c2nccc(Oc3c(F)cc(NC(=O)NCC4(F)COC4)cc3F)c12)C(F)(F)F. The maximum atomic E-state index is 15.0. The molecule has 8 nitrogen and oxygen atoms in total. The van der Waals surface area contributed by atoms with Gasteiger partial charge in [0.05, 0.1) is 31.1 Å². The van der Waals surface area contributed by atoms with E-state index in [1.54, 1.807) is 0 Å². The number of aromatic nitrogens is 2. The number of benzene rings is 1. The lowest BCUT2D eigenvalue weighted by atomic mass is 10.0. The molecular formula is C27H32F6N4O4Si. The van der Waals surface area contributed by atoms with Crippen LogP contribution in [0.1, 0.15) is 18.4 Å². The molecule has 0 bridgehead atoms. The number of ether oxygens (including phenoxy) is 3. The number of alkyl halides is 4. The van der Waals surface area contributed by atoms with Crippen LogP contribution >= 0.6 is 0 Å². The second-order valence-electron chi connectivity index (χ2n) is 11.5.